The topological polar surface area (TPSA) is 85.0 Å². The summed E-state index contributed by atoms with van der Waals surface area (Å²) in [7, 11) is 0. The molecular weight excluding hydrogens is 342 g/mol. The molecule has 1 aliphatic heterocycles. The van der Waals surface area contributed by atoms with E-state index in [1.165, 1.54) is 6.20 Å². The average molecular weight is 363 g/mol. The van der Waals surface area contributed by atoms with Gasteiger partial charge in [0.2, 0.25) is 0 Å². The lowest BCUT2D eigenvalue weighted by Crippen LogP contribution is -2.39. The normalized spacial score (nSPS) is 17.1. The molecule has 1 amide bonds. The molecule has 7 heteroatoms. The predicted molar refractivity (Wildman–Crippen MR) is 99.1 cm³/mol. The first-order valence-corrected chi connectivity index (χ1v) is 9.08. The molecule has 0 saturated carbocycles. The van der Waals surface area contributed by atoms with E-state index in [1.54, 1.807) is 12.4 Å². The van der Waals surface area contributed by atoms with Crippen molar-refractivity contribution in [3.8, 4) is 11.1 Å². The maximum Gasteiger partial charge on any atom is 0.274 e. The summed E-state index contributed by atoms with van der Waals surface area (Å²) in [5.74, 6) is 0.943. The Kier molecular flexibility index (Phi) is 4.66. The van der Waals surface area contributed by atoms with Crippen LogP contribution < -0.4 is 0 Å². The molecule has 4 heterocycles. The number of likely N-dealkylation sites (tertiary alicyclic amines) is 1. The fraction of sp³-hybridized carbons (Fsp3) is 0.350. The highest BCUT2D eigenvalue weighted by molar-refractivity contribution is 5.92. The number of rotatable bonds is 3. The molecule has 3 aromatic rings. The quantitative estimate of drug-likeness (QED) is 0.710. The van der Waals surface area contributed by atoms with Crippen LogP contribution in [0.4, 0.5) is 0 Å². The van der Waals surface area contributed by atoms with E-state index in [0.29, 0.717) is 12.2 Å². The van der Waals surface area contributed by atoms with Gasteiger partial charge < -0.3 is 9.42 Å². The molecule has 0 spiro atoms. The molecule has 0 aliphatic carbocycles. The van der Waals surface area contributed by atoms with Crippen molar-refractivity contribution in [1.29, 1.82) is 0 Å². The number of amides is 1. The third-order valence-electron chi connectivity index (χ3n) is 5.02. The minimum absolute atomic E-state index is 0.0693. The molecule has 7 nitrogen and oxygen atoms in total. The van der Waals surface area contributed by atoms with Crippen molar-refractivity contribution < 1.29 is 9.32 Å². The number of carbonyl (C=O) groups excluding carboxylic acids is 1. The van der Waals surface area contributed by atoms with Gasteiger partial charge in [-0.15, -0.1) is 0 Å². The standard InChI is InChI=1S/C20H21N5O2/c1-13-19(14(2)27-24-13)15-5-6-17(23-10-15)16-4-3-9-25(12-16)20(26)18-11-21-7-8-22-18/h5-8,10-11,16H,3-4,9,12H2,1-2H3/t16-/m1/s1. The van der Waals surface area contributed by atoms with E-state index in [9.17, 15) is 4.79 Å². The molecular formula is C20H21N5O2. The predicted octanol–water partition coefficient (Wildman–Crippen LogP) is 3.16. The van der Waals surface area contributed by atoms with Crippen LogP contribution in [0.5, 0.6) is 0 Å². The number of aromatic nitrogens is 4. The van der Waals surface area contributed by atoms with Crippen molar-refractivity contribution in [2.45, 2.75) is 32.6 Å². The van der Waals surface area contributed by atoms with Gasteiger partial charge in [0.15, 0.2) is 0 Å². The third-order valence-corrected chi connectivity index (χ3v) is 5.02. The summed E-state index contributed by atoms with van der Waals surface area (Å²) < 4.78 is 5.25. The van der Waals surface area contributed by atoms with Crippen LogP contribution in [-0.4, -0.2) is 44.0 Å². The lowest BCUT2D eigenvalue weighted by Gasteiger charge is -2.32. The maximum atomic E-state index is 12.6. The van der Waals surface area contributed by atoms with E-state index in [2.05, 4.69) is 26.2 Å². The van der Waals surface area contributed by atoms with Crippen molar-refractivity contribution in [1.82, 2.24) is 25.0 Å². The zero-order valence-electron chi connectivity index (χ0n) is 15.4. The molecule has 1 aliphatic rings. The molecule has 0 radical (unpaired) electrons. The molecule has 0 N–H and O–H groups in total. The van der Waals surface area contributed by atoms with Gasteiger partial charge in [-0.2, -0.15) is 0 Å². The molecule has 0 aromatic carbocycles. The van der Waals surface area contributed by atoms with Gasteiger partial charge >= 0.3 is 0 Å². The maximum absolute atomic E-state index is 12.6. The zero-order valence-corrected chi connectivity index (χ0v) is 15.4. The fourth-order valence-electron chi connectivity index (χ4n) is 3.66. The van der Waals surface area contributed by atoms with Crippen LogP contribution in [-0.2, 0) is 0 Å². The van der Waals surface area contributed by atoms with E-state index in [4.69, 9.17) is 4.52 Å². The number of aryl methyl sites for hydroxylation is 2. The number of pyridine rings is 1. The van der Waals surface area contributed by atoms with Crippen molar-refractivity contribution in [2.75, 3.05) is 13.1 Å². The first-order chi connectivity index (χ1) is 13.1. The highest BCUT2D eigenvalue weighted by Gasteiger charge is 2.27. The molecule has 138 valence electrons. The van der Waals surface area contributed by atoms with Crippen molar-refractivity contribution >= 4 is 5.91 Å². The molecule has 1 fully saturated rings. The van der Waals surface area contributed by atoms with Gasteiger partial charge in [-0.05, 0) is 32.8 Å². The molecule has 27 heavy (non-hydrogen) atoms. The molecule has 4 rings (SSSR count). The smallest absolute Gasteiger partial charge is 0.274 e. The third kappa shape index (κ3) is 3.45. The Morgan fingerprint density at radius 2 is 2.07 bits per heavy atom. The Morgan fingerprint density at radius 1 is 1.19 bits per heavy atom. The van der Waals surface area contributed by atoms with Gasteiger partial charge in [-0.3, -0.25) is 14.8 Å². The van der Waals surface area contributed by atoms with Crippen LogP contribution in [0, 0.1) is 13.8 Å². The Morgan fingerprint density at radius 3 is 2.74 bits per heavy atom. The van der Waals surface area contributed by atoms with Crippen LogP contribution in [0.1, 0.15) is 46.4 Å². The van der Waals surface area contributed by atoms with Gasteiger partial charge in [-0.1, -0.05) is 11.2 Å². The summed E-state index contributed by atoms with van der Waals surface area (Å²) in [5, 5.41) is 4.01. The Bertz CT molecular complexity index is 917. The lowest BCUT2D eigenvalue weighted by molar-refractivity contribution is 0.0699. The zero-order chi connectivity index (χ0) is 18.8. The van der Waals surface area contributed by atoms with E-state index >= 15 is 0 Å². The van der Waals surface area contributed by atoms with E-state index in [1.807, 2.05) is 31.0 Å². The molecule has 3 aromatic heterocycles. The lowest BCUT2D eigenvalue weighted by atomic mass is 9.93. The van der Waals surface area contributed by atoms with Crippen LogP contribution in [0.15, 0.2) is 41.4 Å². The average Bonchev–Trinajstić information content (AvgIpc) is 3.06. The molecule has 0 bridgehead atoms. The van der Waals surface area contributed by atoms with Gasteiger partial charge in [0.05, 0.1) is 11.9 Å². The summed E-state index contributed by atoms with van der Waals surface area (Å²) in [5.41, 5.74) is 4.25. The van der Waals surface area contributed by atoms with E-state index in [-0.39, 0.29) is 11.8 Å². The first-order valence-electron chi connectivity index (χ1n) is 9.08. The number of hydrogen-bond donors (Lipinski definition) is 0. The molecule has 1 saturated heterocycles. The number of piperidine rings is 1. The summed E-state index contributed by atoms with van der Waals surface area (Å²) in [6.07, 6.45) is 8.46. The molecule has 1 atom stereocenters. The highest BCUT2D eigenvalue weighted by Crippen LogP contribution is 2.30. The fourth-order valence-corrected chi connectivity index (χ4v) is 3.66. The highest BCUT2D eigenvalue weighted by atomic mass is 16.5. The monoisotopic (exact) mass is 363 g/mol. The Labute approximate surface area is 157 Å². The minimum Gasteiger partial charge on any atom is -0.361 e. The number of hydrogen-bond acceptors (Lipinski definition) is 6. The van der Waals surface area contributed by atoms with Gasteiger partial charge in [0.1, 0.15) is 11.5 Å². The van der Waals surface area contributed by atoms with Crippen LogP contribution in [0.3, 0.4) is 0 Å². The van der Waals surface area contributed by atoms with Gasteiger partial charge in [0, 0.05) is 54.4 Å². The summed E-state index contributed by atoms with van der Waals surface area (Å²) >= 11 is 0. The second-order valence-corrected chi connectivity index (χ2v) is 6.85. The van der Waals surface area contributed by atoms with Crippen molar-refractivity contribution in [3.05, 3.63) is 59.8 Å². The van der Waals surface area contributed by atoms with Crippen LogP contribution in [0.2, 0.25) is 0 Å². The Hall–Kier alpha value is -3.09. The van der Waals surface area contributed by atoms with E-state index in [0.717, 1.165) is 47.7 Å². The second-order valence-electron chi connectivity index (χ2n) is 6.85. The largest absolute Gasteiger partial charge is 0.361 e. The molecule has 0 unspecified atom stereocenters. The number of carbonyl (C=O) groups is 1. The van der Waals surface area contributed by atoms with E-state index < -0.39 is 0 Å². The SMILES string of the molecule is Cc1noc(C)c1-c1ccc([C@@H]2CCCN(C(=O)c3cnccn3)C2)nc1. The van der Waals surface area contributed by atoms with Crippen LogP contribution in [0.25, 0.3) is 11.1 Å². The minimum atomic E-state index is -0.0693. The summed E-state index contributed by atoms with van der Waals surface area (Å²) in [6.45, 7) is 5.22. The van der Waals surface area contributed by atoms with Crippen molar-refractivity contribution in [2.24, 2.45) is 0 Å². The Balaban J connectivity index is 1.51. The summed E-state index contributed by atoms with van der Waals surface area (Å²) in [4.78, 5) is 27.3. The van der Waals surface area contributed by atoms with Gasteiger partial charge in [-0.25, -0.2) is 4.98 Å². The second kappa shape index (κ2) is 7.26. The summed E-state index contributed by atoms with van der Waals surface area (Å²) in [6, 6.07) is 4.10. The number of nitrogens with zero attached hydrogens (tertiary/aromatic N) is 5. The van der Waals surface area contributed by atoms with Crippen LogP contribution >= 0.6 is 0 Å². The first kappa shape index (κ1) is 17.3. The van der Waals surface area contributed by atoms with Gasteiger partial charge in [0.25, 0.3) is 5.91 Å². The van der Waals surface area contributed by atoms with Crippen molar-refractivity contribution in [3.63, 3.8) is 0 Å².